The molecule has 0 spiro atoms. The molecule has 0 aliphatic carbocycles. The van der Waals surface area contributed by atoms with Crippen LogP contribution in [0.5, 0.6) is 0 Å². The Morgan fingerprint density at radius 3 is 2.91 bits per heavy atom. The van der Waals surface area contributed by atoms with Crippen LogP contribution in [0.4, 0.5) is 0 Å². The molecule has 5 nitrogen and oxygen atoms in total. The predicted molar refractivity (Wildman–Crippen MR) is 81.6 cm³/mol. The van der Waals surface area contributed by atoms with Gasteiger partial charge < -0.3 is 14.1 Å². The van der Waals surface area contributed by atoms with Crippen LogP contribution < -0.4 is 0 Å². The van der Waals surface area contributed by atoms with Crippen molar-refractivity contribution in [2.45, 2.75) is 12.8 Å². The number of aromatic amines is 1. The lowest BCUT2D eigenvalue weighted by molar-refractivity contribution is -0.140. The second-order valence-electron chi connectivity index (χ2n) is 4.94. The van der Waals surface area contributed by atoms with E-state index in [0.717, 1.165) is 22.0 Å². The van der Waals surface area contributed by atoms with Crippen LogP contribution in [0.25, 0.3) is 22.0 Å². The SMILES string of the molecule is COC(=O)CCC(=O)c1cc(-c2cccc3[nH]ccc23)co1. The van der Waals surface area contributed by atoms with Crippen molar-refractivity contribution in [3.8, 4) is 11.1 Å². The van der Waals surface area contributed by atoms with Gasteiger partial charge in [0.15, 0.2) is 11.5 Å². The second kappa shape index (κ2) is 5.89. The molecule has 0 aliphatic heterocycles. The van der Waals surface area contributed by atoms with E-state index in [4.69, 9.17) is 4.42 Å². The summed E-state index contributed by atoms with van der Waals surface area (Å²) in [6.45, 7) is 0. The van der Waals surface area contributed by atoms with Gasteiger partial charge in [-0.1, -0.05) is 12.1 Å². The molecular formula is C17H15NO4. The van der Waals surface area contributed by atoms with Gasteiger partial charge >= 0.3 is 5.97 Å². The maximum atomic E-state index is 12.0. The van der Waals surface area contributed by atoms with E-state index in [2.05, 4.69) is 9.72 Å². The van der Waals surface area contributed by atoms with Crippen molar-refractivity contribution in [3.63, 3.8) is 0 Å². The number of ether oxygens (including phenoxy) is 1. The summed E-state index contributed by atoms with van der Waals surface area (Å²) in [5.74, 6) is -0.360. The molecule has 2 aromatic heterocycles. The number of H-pyrrole nitrogens is 1. The maximum absolute atomic E-state index is 12.0. The number of methoxy groups -OCH3 is 1. The van der Waals surface area contributed by atoms with Gasteiger partial charge in [-0.3, -0.25) is 9.59 Å². The molecule has 0 unspecified atom stereocenters. The predicted octanol–water partition coefficient (Wildman–Crippen LogP) is 3.56. The Morgan fingerprint density at radius 1 is 1.23 bits per heavy atom. The van der Waals surface area contributed by atoms with E-state index in [9.17, 15) is 9.59 Å². The van der Waals surface area contributed by atoms with E-state index < -0.39 is 5.97 Å². The molecule has 22 heavy (non-hydrogen) atoms. The molecular weight excluding hydrogens is 282 g/mol. The lowest BCUT2D eigenvalue weighted by Crippen LogP contribution is -2.05. The van der Waals surface area contributed by atoms with E-state index >= 15 is 0 Å². The fraction of sp³-hybridized carbons (Fsp3) is 0.176. The van der Waals surface area contributed by atoms with Gasteiger partial charge in [0.1, 0.15) is 0 Å². The maximum Gasteiger partial charge on any atom is 0.305 e. The summed E-state index contributed by atoms with van der Waals surface area (Å²) in [5, 5.41) is 1.07. The Bertz CT molecular complexity index is 828. The molecule has 0 fully saturated rings. The number of benzene rings is 1. The number of rotatable bonds is 5. The average molecular weight is 297 g/mol. The van der Waals surface area contributed by atoms with E-state index in [1.807, 2.05) is 30.5 Å². The molecule has 0 radical (unpaired) electrons. The Balaban J connectivity index is 1.83. The molecule has 5 heteroatoms. The van der Waals surface area contributed by atoms with Gasteiger partial charge in [-0.05, 0) is 23.8 Å². The number of carbonyl (C=O) groups excluding carboxylic acids is 2. The lowest BCUT2D eigenvalue weighted by Gasteiger charge is -1.99. The first-order valence-electron chi connectivity index (χ1n) is 6.94. The molecule has 112 valence electrons. The van der Waals surface area contributed by atoms with Crippen LogP contribution >= 0.6 is 0 Å². The molecule has 1 N–H and O–H groups in total. The van der Waals surface area contributed by atoms with Crippen LogP contribution in [0, 0.1) is 0 Å². The van der Waals surface area contributed by atoms with Gasteiger partial charge in [0, 0.05) is 29.1 Å². The van der Waals surface area contributed by atoms with Gasteiger partial charge in [-0.25, -0.2) is 0 Å². The zero-order valence-corrected chi connectivity index (χ0v) is 12.1. The third-order valence-electron chi connectivity index (χ3n) is 3.56. The zero-order chi connectivity index (χ0) is 15.5. The van der Waals surface area contributed by atoms with Crippen molar-refractivity contribution in [3.05, 3.63) is 48.6 Å². The first-order chi connectivity index (χ1) is 10.7. The number of nitrogens with one attached hydrogen (secondary N) is 1. The van der Waals surface area contributed by atoms with Gasteiger partial charge in [-0.15, -0.1) is 0 Å². The molecule has 0 bridgehead atoms. The molecule has 0 saturated heterocycles. The summed E-state index contributed by atoms with van der Waals surface area (Å²) < 4.78 is 9.89. The molecule has 3 aromatic rings. The van der Waals surface area contributed by atoms with Crippen LogP contribution in [-0.4, -0.2) is 23.8 Å². The number of furan rings is 1. The third-order valence-corrected chi connectivity index (χ3v) is 3.56. The van der Waals surface area contributed by atoms with E-state index in [1.165, 1.54) is 7.11 Å². The van der Waals surface area contributed by atoms with Crippen LogP contribution in [0.1, 0.15) is 23.4 Å². The van der Waals surface area contributed by atoms with Gasteiger partial charge in [-0.2, -0.15) is 0 Å². The molecule has 0 atom stereocenters. The summed E-state index contributed by atoms with van der Waals surface area (Å²) in [4.78, 5) is 26.2. The van der Waals surface area contributed by atoms with Crippen LogP contribution in [-0.2, 0) is 9.53 Å². The normalized spacial score (nSPS) is 10.8. The summed E-state index contributed by atoms with van der Waals surface area (Å²) in [7, 11) is 1.30. The summed E-state index contributed by atoms with van der Waals surface area (Å²) in [6, 6.07) is 9.60. The minimum absolute atomic E-state index is 0.0543. The monoisotopic (exact) mass is 297 g/mol. The molecule has 2 heterocycles. The minimum Gasteiger partial charge on any atom is -0.469 e. The van der Waals surface area contributed by atoms with Crippen LogP contribution in [0.3, 0.4) is 0 Å². The highest BCUT2D eigenvalue weighted by Crippen LogP contribution is 2.29. The first-order valence-corrected chi connectivity index (χ1v) is 6.94. The van der Waals surface area contributed by atoms with Crippen molar-refractivity contribution in [1.29, 1.82) is 0 Å². The number of esters is 1. The Kier molecular flexibility index (Phi) is 3.78. The Labute approximate surface area is 126 Å². The van der Waals surface area contributed by atoms with Gasteiger partial charge in [0.05, 0.1) is 19.8 Å². The minimum atomic E-state index is -0.405. The number of fused-ring (bicyclic) bond motifs is 1. The number of aromatic nitrogens is 1. The number of carbonyl (C=O) groups is 2. The summed E-state index contributed by atoms with van der Waals surface area (Å²) in [6.07, 6.45) is 3.57. The lowest BCUT2D eigenvalue weighted by atomic mass is 10.0. The number of Topliss-reactive ketones (excluding diaryl/α,β-unsaturated/α-hetero) is 1. The topological polar surface area (TPSA) is 72.3 Å². The van der Waals surface area contributed by atoms with Crippen molar-refractivity contribution in [2.24, 2.45) is 0 Å². The molecule has 0 amide bonds. The first kappa shape index (κ1) is 14.1. The van der Waals surface area contributed by atoms with Crippen LogP contribution in [0.15, 0.2) is 47.2 Å². The average Bonchev–Trinajstić information content (AvgIpc) is 3.20. The van der Waals surface area contributed by atoms with Crippen molar-refractivity contribution >= 4 is 22.7 Å². The van der Waals surface area contributed by atoms with Gasteiger partial charge in [0.25, 0.3) is 0 Å². The van der Waals surface area contributed by atoms with E-state index in [-0.39, 0.29) is 24.4 Å². The highest BCUT2D eigenvalue weighted by molar-refractivity contribution is 5.99. The van der Waals surface area contributed by atoms with Crippen molar-refractivity contribution in [2.75, 3.05) is 7.11 Å². The second-order valence-corrected chi connectivity index (χ2v) is 4.94. The fourth-order valence-electron chi connectivity index (χ4n) is 2.40. The number of hydrogen-bond donors (Lipinski definition) is 1. The van der Waals surface area contributed by atoms with Gasteiger partial charge in [0.2, 0.25) is 0 Å². The van der Waals surface area contributed by atoms with Crippen molar-refractivity contribution in [1.82, 2.24) is 4.98 Å². The molecule has 0 aliphatic rings. The summed E-state index contributed by atoms with van der Waals surface area (Å²) >= 11 is 0. The fourth-order valence-corrected chi connectivity index (χ4v) is 2.40. The zero-order valence-electron chi connectivity index (χ0n) is 12.1. The smallest absolute Gasteiger partial charge is 0.305 e. The summed E-state index contributed by atoms with van der Waals surface area (Å²) in [5.41, 5.74) is 2.86. The quantitative estimate of drug-likeness (QED) is 0.577. The Hall–Kier alpha value is -2.82. The highest BCUT2D eigenvalue weighted by Gasteiger charge is 2.15. The third kappa shape index (κ3) is 2.65. The number of hydrogen-bond acceptors (Lipinski definition) is 4. The Morgan fingerprint density at radius 2 is 2.09 bits per heavy atom. The molecule has 3 rings (SSSR count). The molecule has 1 aromatic carbocycles. The van der Waals surface area contributed by atoms with Crippen molar-refractivity contribution < 1.29 is 18.7 Å². The van der Waals surface area contributed by atoms with E-state index in [1.54, 1.807) is 12.3 Å². The largest absolute Gasteiger partial charge is 0.469 e. The van der Waals surface area contributed by atoms with Crippen LogP contribution in [0.2, 0.25) is 0 Å². The molecule has 0 saturated carbocycles. The standard InChI is InChI=1S/C17H15NO4/c1-21-17(20)6-5-15(19)16-9-11(10-22-16)12-3-2-4-14-13(12)7-8-18-14/h2-4,7-10,18H,5-6H2,1H3. The number of ketones is 1. The highest BCUT2D eigenvalue weighted by atomic mass is 16.5. The van der Waals surface area contributed by atoms with E-state index in [0.29, 0.717) is 0 Å².